The molecular formula is C30H20O8. The molecule has 0 radical (unpaired) electrons. The number of allylic oxidation sites excluding steroid dienone is 1. The van der Waals surface area contributed by atoms with Gasteiger partial charge in [-0.2, -0.15) is 0 Å². The van der Waals surface area contributed by atoms with Gasteiger partial charge in [-0.3, -0.25) is 9.59 Å². The molecular weight excluding hydrogens is 488 g/mol. The first-order valence-corrected chi connectivity index (χ1v) is 11.4. The summed E-state index contributed by atoms with van der Waals surface area (Å²) < 4.78 is 6.03. The van der Waals surface area contributed by atoms with Crippen LogP contribution < -0.4 is 0 Å². The van der Waals surface area contributed by atoms with Crippen molar-refractivity contribution in [2.75, 3.05) is 0 Å². The van der Waals surface area contributed by atoms with E-state index < -0.39 is 17.3 Å². The Morgan fingerprint density at radius 3 is 1.89 bits per heavy atom. The van der Waals surface area contributed by atoms with Crippen LogP contribution in [0.3, 0.4) is 0 Å². The Morgan fingerprint density at radius 2 is 1.26 bits per heavy atom. The van der Waals surface area contributed by atoms with Gasteiger partial charge >= 0.3 is 0 Å². The number of furan rings is 1. The van der Waals surface area contributed by atoms with Gasteiger partial charge in [0.05, 0.1) is 16.7 Å². The fourth-order valence-electron chi connectivity index (χ4n) is 4.10. The second-order valence-electron chi connectivity index (χ2n) is 8.54. The van der Waals surface area contributed by atoms with Gasteiger partial charge in [-0.1, -0.05) is 12.1 Å². The fraction of sp³-hybridized carbons (Fsp3) is 0. The normalized spacial score (nSPS) is 11.3. The van der Waals surface area contributed by atoms with Crippen LogP contribution in [0.4, 0.5) is 0 Å². The summed E-state index contributed by atoms with van der Waals surface area (Å²) in [4.78, 5) is 26.3. The monoisotopic (exact) mass is 508 g/mol. The molecule has 1 aromatic heterocycles. The van der Waals surface area contributed by atoms with Crippen molar-refractivity contribution in [3.63, 3.8) is 0 Å². The van der Waals surface area contributed by atoms with Gasteiger partial charge in [0.2, 0.25) is 5.78 Å². The molecule has 38 heavy (non-hydrogen) atoms. The van der Waals surface area contributed by atoms with Crippen LogP contribution in [0.1, 0.15) is 31.8 Å². The van der Waals surface area contributed by atoms with Crippen molar-refractivity contribution in [1.29, 1.82) is 0 Å². The summed E-state index contributed by atoms with van der Waals surface area (Å²) in [7, 11) is 0. The largest absolute Gasteiger partial charge is 0.508 e. The second-order valence-corrected chi connectivity index (χ2v) is 8.54. The fourth-order valence-corrected chi connectivity index (χ4v) is 4.10. The van der Waals surface area contributed by atoms with Crippen LogP contribution in [0.5, 0.6) is 28.7 Å². The number of rotatable bonds is 6. The predicted octanol–water partition coefficient (Wildman–Crippen LogP) is 5.75. The van der Waals surface area contributed by atoms with E-state index in [9.17, 15) is 35.1 Å². The summed E-state index contributed by atoms with van der Waals surface area (Å²) >= 11 is 0. The number of hydrogen-bond donors (Lipinski definition) is 5. The molecule has 0 unspecified atom stereocenters. The highest BCUT2D eigenvalue weighted by Gasteiger charge is 2.25. The Kier molecular flexibility index (Phi) is 6.06. The standard InChI is InChI=1S/C30H20O8/c31-18-5-3-17(4-6-18)30-28(29(37)22-10-8-20(33)15-26(22)36)23-13-16(2-12-27(23)38-30)1-11-24(34)21-9-7-19(32)14-25(21)35/h1-15,31-33,35-36H/b11-1+. The SMILES string of the molecule is O=C(/C=C/c1ccc2oc(-c3ccc(O)cc3)c(C(=O)c3ccc(O)cc3O)c2c1)c1ccc(O)cc1O. The molecule has 0 saturated carbocycles. The first-order valence-electron chi connectivity index (χ1n) is 11.4. The van der Waals surface area contributed by atoms with E-state index in [2.05, 4.69) is 0 Å². The Morgan fingerprint density at radius 1 is 0.658 bits per heavy atom. The van der Waals surface area contributed by atoms with Crippen molar-refractivity contribution in [3.8, 4) is 40.1 Å². The number of ketones is 2. The average molecular weight is 508 g/mol. The van der Waals surface area contributed by atoms with E-state index in [0.717, 1.165) is 12.1 Å². The molecule has 0 bridgehead atoms. The molecule has 8 nitrogen and oxygen atoms in total. The molecule has 0 aliphatic carbocycles. The third kappa shape index (κ3) is 4.54. The number of aromatic hydroxyl groups is 5. The van der Waals surface area contributed by atoms with Crippen molar-refractivity contribution < 1.29 is 39.5 Å². The lowest BCUT2D eigenvalue weighted by molar-refractivity contribution is 0.103. The number of fused-ring (bicyclic) bond motifs is 1. The number of hydrogen-bond acceptors (Lipinski definition) is 8. The minimum absolute atomic E-state index is 0.0109. The molecule has 0 aliphatic rings. The number of carbonyl (C=O) groups excluding carboxylic acids is 2. The summed E-state index contributed by atoms with van der Waals surface area (Å²) in [6, 6.07) is 18.4. The van der Waals surface area contributed by atoms with E-state index in [1.165, 1.54) is 48.6 Å². The van der Waals surface area contributed by atoms with E-state index in [1.807, 2.05) is 0 Å². The van der Waals surface area contributed by atoms with Crippen molar-refractivity contribution >= 4 is 28.6 Å². The Balaban J connectivity index is 1.62. The van der Waals surface area contributed by atoms with E-state index in [4.69, 9.17) is 4.42 Å². The van der Waals surface area contributed by atoms with E-state index in [1.54, 1.807) is 30.3 Å². The highest BCUT2D eigenvalue weighted by Crippen LogP contribution is 2.38. The lowest BCUT2D eigenvalue weighted by atomic mass is 9.96. The zero-order valence-corrected chi connectivity index (χ0v) is 19.6. The van der Waals surface area contributed by atoms with E-state index in [-0.39, 0.29) is 45.4 Å². The smallest absolute Gasteiger partial charge is 0.201 e. The van der Waals surface area contributed by atoms with Gasteiger partial charge in [0, 0.05) is 23.1 Å². The van der Waals surface area contributed by atoms with Gasteiger partial charge in [-0.25, -0.2) is 0 Å². The molecule has 0 amide bonds. The number of phenolic OH excluding ortho intramolecular Hbond substituents is 5. The lowest BCUT2D eigenvalue weighted by Gasteiger charge is -2.06. The summed E-state index contributed by atoms with van der Waals surface area (Å²) in [5.41, 5.74) is 1.53. The molecule has 0 saturated heterocycles. The third-order valence-corrected chi connectivity index (χ3v) is 5.97. The first kappa shape index (κ1) is 24.2. The molecule has 1 heterocycles. The van der Waals surface area contributed by atoms with Crippen LogP contribution in [0, 0.1) is 0 Å². The zero-order valence-electron chi connectivity index (χ0n) is 19.6. The van der Waals surface area contributed by atoms with Gasteiger partial charge in [-0.05, 0) is 72.3 Å². The summed E-state index contributed by atoms with van der Waals surface area (Å²) in [6.07, 6.45) is 2.76. The van der Waals surface area contributed by atoms with Gasteiger partial charge in [0.15, 0.2) is 5.78 Å². The van der Waals surface area contributed by atoms with Gasteiger partial charge < -0.3 is 29.9 Å². The Bertz CT molecular complexity index is 1740. The molecule has 8 heteroatoms. The average Bonchev–Trinajstić information content (AvgIpc) is 3.26. The number of benzene rings is 4. The zero-order chi connectivity index (χ0) is 27.0. The van der Waals surface area contributed by atoms with Crippen molar-refractivity contribution in [2.24, 2.45) is 0 Å². The Labute approximate surface area is 215 Å². The quantitative estimate of drug-likeness (QED) is 0.144. The molecule has 188 valence electrons. The molecule has 5 rings (SSSR count). The molecule has 0 atom stereocenters. The highest BCUT2D eigenvalue weighted by atomic mass is 16.3. The van der Waals surface area contributed by atoms with E-state index >= 15 is 0 Å². The molecule has 0 spiro atoms. The van der Waals surface area contributed by atoms with E-state index in [0.29, 0.717) is 22.1 Å². The highest BCUT2D eigenvalue weighted by molar-refractivity contribution is 6.21. The van der Waals surface area contributed by atoms with Crippen molar-refractivity contribution in [1.82, 2.24) is 0 Å². The van der Waals surface area contributed by atoms with Crippen LogP contribution in [0.15, 0.2) is 89.4 Å². The summed E-state index contributed by atoms with van der Waals surface area (Å²) in [6.45, 7) is 0. The molecule has 0 aliphatic heterocycles. The molecule has 0 fully saturated rings. The van der Waals surface area contributed by atoms with Gasteiger partial charge in [0.25, 0.3) is 0 Å². The van der Waals surface area contributed by atoms with Crippen LogP contribution in [-0.4, -0.2) is 37.1 Å². The van der Waals surface area contributed by atoms with Crippen LogP contribution in [0.25, 0.3) is 28.4 Å². The maximum absolute atomic E-state index is 13.7. The van der Waals surface area contributed by atoms with Crippen molar-refractivity contribution in [2.45, 2.75) is 0 Å². The lowest BCUT2D eigenvalue weighted by Crippen LogP contribution is -2.03. The van der Waals surface area contributed by atoms with Crippen LogP contribution in [0.2, 0.25) is 0 Å². The minimum Gasteiger partial charge on any atom is -0.508 e. The van der Waals surface area contributed by atoms with Crippen LogP contribution in [-0.2, 0) is 0 Å². The molecule has 4 aromatic carbocycles. The minimum atomic E-state index is -0.560. The summed E-state index contributed by atoms with van der Waals surface area (Å²) in [5.74, 6) is -1.95. The van der Waals surface area contributed by atoms with Gasteiger partial charge in [0.1, 0.15) is 40.1 Å². The Hall–Kier alpha value is -5.50. The number of carbonyl (C=O) groups is 2. The third-order valence-electron chi connectivity index (χ3n) is 5.97. The molecule has 5 aromatic rings. The maximum Gasteiger partial charge on any atom is 0.201 e. The molecule has 5 N–H and O–H groups in total. The van der Waals surface area contributed by atoms with Crippen molar-refractivity contribution in [3.05, 3.63) is 107 Å². The maximum atomic E-state index is 13.7. The predicted molar refractivity (Wildman–Crippen MR) is 140 cm³/mol. The van der Waals surface area contributed by atoms with Gasteiger partial charge in [-0.15, -0.1) is 0 Å². The number of phenols is 5. The topological polar surface area (TPSA) is 148 Å². The first-order chi connectivity index (χ1) is 18.2. The summed E-state index contributed by atoms with van der Waals surface area (Å²) in [5, 5.41) is 49.5. The van der Waals surface area contributed by atoms with Crippen LogP contribution >= 0.6 is 0 Å². The second kappa shape index (κ2) is 9.51.